The van der Waals surface area contributed by atoms with Crippen molar-refractivity contribution in [1.82, 2.24) is 14.9 Å². The van der Waals surface area contributed by atoms with E-state index < -0.39 is 0 Å². The van der Waals surface area contributed by atoms with Crippen molar-refractivity contribution in [2.75, 3.05) is 0 Å². The summed E-state index contributed by atoms with van der Waals surface area (Å²) in [6.07, 6.45) is 10.2. The molecule has 6 heteroatoms. The van der Waals surface area contributed by atoms with Gasteiger partial charge in [-0.2, -0.15) is 0 Å². The highest BCUT2D eigenvalue weighted by Gasteiger charge is 2.25. The van der Waals surface area contributed by atoms with Crippen LogP contribution in [0, 0.1) is 6.92 Å². The highest BCUT2D eigenvalue weighted by molar-refractivity contribution is 5.92. The fourth-order valence-corrected chi connectivity index (χ4v) is 4.83. The lowest BCUT2D eigenvalue weighted by atomic mass is 9.95. The van der Waals surface area contributed by atoms with Crippen molar-refractivity contribution in [3.63, 3.8) is 0 Å². The van der Waals surface area contributed by atoms with Gasteiger partial charge in [0.15, 0.2) is 11.5 Å². The third-order valence-electron chi connectivity index (χ3n) is 6.61. The number of imidazole rings is 1. The molecule has 5 rings (SSSR count). The average molecular weight is 458 g/mol. The zero-order valence-electron chi connectivity index (χ0n) is 19.8. The first-order valence-electron chi connectivity index (χ1n) is 12.2. The minimum atomic E-state index is -0.231. The molecule has 0 saturated heterocycles. The van der Waals surface area contributed by atoms with E-state index in [4.69, 9.17) is 13.8 Å². The van der Waals surface area contributed by atoms with Crippen LogP contribution in [0.25, 0.3) is 22.7 Å². The number of benzene rings is 1. The fraction of sp³-hybridized carbons (Fsp3) is 0.357. The number of nitrogens with zero attached hydrogens (tertiary/aromatic N) is 2. The smallest absolute Gasteiger partial charge is 0.287 e. The second kappa shape index (κ2) is 9.75. The van der Waals surface area contributed by atoms with Crippen LogP contribution in [-0.2, 0) is 6.42 Å². The zero-order chi connectivity index (χ0) is 23.5. The Morgan fingerprint density at radius 2 is 1.91 bits per heavy atom. The lowest BCUT2D eigenvalue weighted by molar-refractivity contribution is 0.0912. The molecule has 1 aliphatic carbocycles. The summed E-state index contributed by atoms with van der Waals surface area (Å²) in [5.74, 6) is 1.58. The second-order valence-corrected chi connectivity index (χ2v) is 9.33. The highest BCUT2D eigenvalue weighted by Crippen LogP contribution is 2.38. The summed E-state index contributed by atoms with van der Waals surface area (Å²) < 4.78 is 13.8. The van der Waals surface area contributed by atoms with E-state index in [0.29, 0.717) is 24.0 Å². The van der Waals surface area contributed by atoms with E-state index in [0.717, 1.165) is 35.6 Å². The minimum Gasteiger partial charge on any atom is -0.469 e. The normalized spacial score (nSPS) is 15.4. The molecular weight excluding hydrogens is 426 g/mol. The second-order valence-electron chi connectivity index (χ2n) is 9.33. The fourth-order valence-electron chi connectivity index (χ4n) is 4.83. The molecule has 3 heterocycles. The zero-order valence-corrected chi connectivity index (χ0v) is 19.8. The number of aromatic nitrogens is 2. The first-order chi connectivity index (χ1) is 16.6. The molecule has 1 aromatic carbocycles. The topological polar surface area (TPSA) is 73.2 Å². The van der Waals surface area contributed by atoms with Gasteiger partial charge in [-0.15, -0.1) is 0 Å². The lowest BCUT2D eigenvalue weighted by Gasteiger charge is -2.24. The van der Waals surface area contributed by atoms with E-state index in [2.05, 4.69) is 41.1 Å². The summed E-state index contributed by atoms with van der Waals surface area (Å²) in [5.41, 5.74) is 4.08. The van der Waals surface area contributed by atoms with Crippen LogP contribution >= 0.6 is 0 Å². The van der Waals surface area contributed by atoms with E-state index in [-0.39, 0.29) is 11.9 Å². The molecule has 1 N–H and O–H groups in total. The van der Waals surface area contributed by atoms with Gasteiger partial charge in [-0.25, -0.2) is 4.98 Å². The maximum absolute atomic E-state index is 12.9. The Hall–Kier alpha value is -3.54. The Balaban J connectivity index is 1.43. The van der Waals surface area contributed by atoms with E-state index >= 15 is 0 Å². The van der Waals surface area contributed by atoms with Crippen LogP contribution in [0.2, 0.25) is 0 Å². The summed E-state index contributed by atoms with van der Waals surface area (Å²) in [4.78, 5) is 17.7. The lowest BCUT2D eigenvalue weighted by Crippen LogP contribution is -2.33. The maximum atomic E-state index is 12.9. The molecule has 1 fully saturated rings. The number of rotatable bonds is 7. The largest absolute Gasteiger partial charge is 0.469 e. The van der Waals surface area contributed by atoms with Crippen molar-refractivity contribution in [2.45, 2.75) is 64.5 Å². The van der Waals surface area contributed by atoms with Gasteiger partial charge in [-0.05, 0) is 51.0 Å². The van der Waals surface area contributed by atoms with E-state index in [9.17, 15) is 4.79 Å². The molecule has 4 aromatic rings. The Kier molecular flexibility index (Phi) is 6.39. The first kappa shape index (κ1) is 22.3. The number of aryl methyl sites for hydroxylation is 1. The van der Waals surface area contributed by atoms with Crippen molar-refractivity contribution in [3.05, 3.63) is 78.2 Å². The van der Waals surface area contributed by atoms with Crippen LogP contribution < -0.4 is 5.32 Å². The summed E-state index contributed by atoms with van der Waals surface area (Å²) in [6, 6.07) is 16.1. The maximum Gasteiger partial charge on any atom is 0.287 e. The van der Waals surface area contributed by atoms with Gasteiger partial charge >= 0.3 is 0 Å². The molecule has 0 spiro atoms. The summed E-state index contributed by atoms with van der Waals surface area (Å²) >= 11 is 0. The number of carbonyl (C=O) groups is 1. The number of furan rings is 2. The van der Waals surface area contributed by atoms with Crippen molar-refractivity contribution >= 4 is 5.91 Å². The molecule has 0 unspecified atom stereocenters. The molecule has 1 amide bonds. The predicted octanol–water partition coefficient (Wildman–Crippen LogP) is 6.58. The average Bonchev–Trinajstić information content (AvgIpc) is 3.60. The van der Waals surface area contributed by atoms with Crippen molar-refractivity contribution < 1.29 is 13.6 Å². The molecule has 0 aliphatic heterocycles. The van der Waals surface area contributed by atoms with Gasteiger partial charge in [0, 0.05) is 24.1 Å². The van der Waals surface area contributed by atoms with Gasteiger partial charge in [-0.3, -0.25) is 4.79 Å². The number of hydrogen-bond donors (Lipinski definition) is 1. The van der Waals surface area contributed by atoms with Crippen LogP contribution in [-0.4, -0.2) is 21.5 Å². The van der Waals surface area contributed by atoms with Gasteiger partial charge in [0.2, 0.25) is 0 Å². The quantitative estimate of drug-likeness (QED) is 0.340. The van der Waals surface area contributed by atoms with Gasteiger partial charge in [0.1, 0.15) is 11.5 Å². The van der Waals surface area contributed by atoms with Gasteiger partial charge in [-0.1, -0.05) is 49.1 Å². The summed E-state index contributed by atoms with van der Waals surface area (Å²) in [6.45, 7) is 4.04. The van der Waals surface area contributed by atoms with E-state index in [1.165, 1.54) is 24.8 Å². The Bertz CT molecular complexity index is 1230. The molecular formula is C28H31N3O3. The van der Waals surface area contributed by atoms with Crippen LogP contribution in [0.3, 0.4) is 0 Å². The minimum absolute atomic E-state index is 0.0805. The third-order valence-corrected chi connectivity index (χ3v) is 6.61. The van der Waals surface area contributed by atoms with Crippen molar-refractivity contribution in [2.24, 2.45) is 0 Å². The van der Waals surface area contributed by atoms with Gasteiger partial charge in [0.05, 0.1) is 18.3 Å². The molecule has 1 atom stereocenters. The first-order valence-corrected chi connectivity index (χ1v) is 12.2. The van der Waals surface area contributed by atoms with Crippen LogP contribution in [0.15, 0.2) is 70.0 Å². The van der Waals surface area contributed by atoms with Crippen molar-refractivity contribution in [3.8, 4) is 22.7 Å². The van der Waals surface area contributed by atoms with E-state index in [1.54, 1.807) is 12.3 Å². The predicted molar refractivity (Wildman–Crippen MR) is 132 cm³/mol. The Morgan fingerprint density at radius 1 is 1.12 bits per heavy atom. The SMILES string of the molecule is Cc1ccc(-c2ncn(C3CCCCC3)c2-c2ccc(C(=O)N[C@H](C)Cc3ccco3)o2)cc1. The molecule has 1 saturated carbocycles. The Morgan fingerprint density at radius 3 is 2.65 bits per heavy atom. The number of hydrogen-bond acceptors (Lipinski definition) is 4. The molecule has 6 nitrogen and oxygen atoms in total. The van der Waals surface area contributed by atoms with Crippen LogP contribution in [0.4, 0.5) is 0 Å². The summed E-state index contributed by atoms with van der Waals surface area (Å²) in [7, 11) is 0. The number of amides is 1. The third kappa shape index (κ3) is 4.72. The van der Waals surface area contributed by atoms with Crippen LogP contribution in [0.5, 0.6) is 0 Å². The van der Waals surface area contributed by atoms with Gasteiger partial charge < -0.3 is 18.7 Å². The number of carbonyl (C=O) groups excluding carboxylic acids is 1. The van der Waals surface area contributed by atoms with Crippen LogP contribution in [0.1, 0.15) is 66.9 Å². The highest BCUT2D eigenvalue weighted by atomic mass is 16.4. The van der Waals surface area contributed by atoms with E-state index in [1.807, 2.05) is 31.5 Å². The molecule has 34 heavy (non-hydrogen) atoms. The van der Waals surface area contributed by atoms with Crippen molar-refractivity contribution in [1.29, 1.82) is 0 Å². The molecule has 1 aliphatic rings. The molecule has 3 aromatic heterocycles. The standard InChI is InChI=1S/C28H31N3O3/c1-19-10-12-21(13-11-19)26-27(31(18-29-26)22-7-4-3-5-8-22)24-14-15-25(34-24)28(32)30-20(2)17-23-9-6-16-33-23/h6,9-16,18,20,22H,3-5,7-8,17H2,1-2H3,(H,30,32)/t20-/m1/s1. The molecule has 176 valence electrons. The summed E-state index contributed by atoms with van der Waals surface area (Å²) in [5, 5.41) is 3.01. The monoisotopic (exact) mass is 457 g/mol. The molecule has 0 bridgehead atoms. The van der Waals surface area contributed by atoms with Gasteiger partial charge in [0.25, 0.3) is 5.91 Å². The number of nitrogens with one attached hydrogen (secondary N) is 1. The molecule has 0 radical (unpaired) electrons. The Labute approximate surface area is 200 Å².